The average molecular weight is 446 g/mol. The number of hydrogen-bond donors (Lipinski definition) is 2. The topological polar surface area (TPSA) is 67.1 Å². The van der Waals surface area contributed by atoms with Gasteiger partial charge in [-0.15, -0.1) is 45.5 Å². The van der Waals surface area contributed by atoms with E-state index in [2.05, 4.69) is 44.9 Å². The minimum absolute atomic E-state index is 0. The second kappa shape index (κ2) is 8.09. The van der Waals surface area contributed by atoms with Gasteiger partial charge in [0.25, 0.3) is 0 Å². The third-order valence-electron chi connectivity index (χ3n) is 3.71. The van der Waals surface area contributed by atoms with Crippen LogP contribution < -0.4 is 10.6 Å². The summed E-state index contributed by atoms with van der Waals surface area (Å²) in [5.41, 5.74) is 0. The Bertz CT molecular complexity index is 673. The zero-order valence-corrected chi connectivity index (χ0v) is 16.8. The quantitative estimate of drug-likeness (QED) is 0.421. The van der Waals surface area contributed by atoms with Gasteiger partial charge in [0.2, 0.25) is 0 Å². The lowest BCUT2D eigenvalue weighted by molar-refractivity contribution is 0.751. The Balaban J connectivity index is 0.00000192. The minimum atomic E-state index is 0. The van der Waals surface area contributed by atoms with Crippen LogP contribution in [0.25, 0.3) is 0 Å². The maximum absolute atomic E-state index is 4.65. The fourth-order valence-corrected chi connectivity index (χ4v) is 2.89. The molecule has 0 radical (unpaired) electrons. The van der Waals surface area contributed by atoms with Crippen molar-refractivity contribution in [3.05, 3.63) is 33.5 Å². The first-order valence-corrected chi connectivity index (χ1v) is 8.38. The number of thiophene rings is 1. The summed E-state index contributed by atoms with van der Waals surface area (Å²) in [5.74, 6) is 2.64. The van der Waals surface area contributed by atoms with E-state index in [1.165, 1.54) is 22.6 Å². The molecule has 0 amide bonds. The zero-order chi connectivity index (χ0) is 15.5. The number of guanidine groups is 1. The molecule has 126 valence electrons. The highest BCUT2D eigenvalue weighted by atomic mass is 127. The SMILES string of the molecule is Cc1ccc(CNC(=NCc2nnc(C)n2C)NC2CC2)s1.I. The summed E-state index contributed by atoms with van der Waals surface area (Å²) in [6, 6.07) is 4.88. The normalized spacial score (nSPS) is 14.5. The molecule has 2 aromatic rings. The molecule has 0 saturated heterocycles. The van der Waals surface area contributed by atoms with Crippen LogP contribution in [0.5, 0.6) is 0 Å². The predicted molar refractivity (Wildman–Crippen MR) is 104 cm³/mol. The highest BCUT2D eigenvalue weighted by Gasteiger charge is 2.22. The van der Waals surface area contributed by atoms with Crippen molar-refractivity contribution in [3.8, 4) is 0 Å². The number of aromatic nitrogens is 3. The molecule has 6 nitrogen and oxygen atoms in total. The summed E-state index contributed by atoms with van der Waals surface area (Å²) < 4.78 is 1.97. The van der Waals surface area contributed by atoms with Gasteiger partial charge in [0.05, 0.1) is 6.54 Å². The van der Waals surface area contributed by atoms with Crippen LogP contribution >= 0.6 is 35.3 Å². The van der Waals surface area contributed by atoms with Crippen molar-refractivity contribution in [1.82, 2.24) is 25.4 Å². The first-order chi connectivity index (χ1) is 10.6. The van der Waals surface area contributed by atoms with Gasteiger partial charge in [0.1, 0.15) is 12.4 Å². The Morgan fingerprint density at radius 3 is 2.70 bits per heavy atom. The highest BCUT2D eigenvalue weighted by molar-refractivity contribution is 14.0. The molecule has 1 saturated carbocycles. The number of rotatable bonds is 5. The van der Waals surface area contributed by atoms with Crippen LogP contribution in [0.15, 0.2) is 17.1 Å². The molecule has 0 atom stereocenters. The summed E-state index contributed by atoms with van der Waals surface area (Å²) in [6.07, 6.45) is 2.45. The van der Waals surface area contributed by atoms with E-state index in [-0.39, 0.29) is 24.0 Å². The lowest BCUT2D eigenvalue weighted by Crippen LogP contribution is -2.38. The van der Waals surface area contributed by atoms with E-state index in [9.17, 15) is 0 Å². The summed E-state index contributed by atoms with van der Waals surface area (Å²) in [4.78, 5) is 7.30. The molecule has 0 bridgehead atoms. The molecule has 8 heteroatoms. The fourth-order valence-electron chi connectivity index (χ4n) is 2.06. The number of nitrogens with zero attached hydrogens (tertiary/aromatic N) is 4. The summed E-state index contributed by atoms with van der Waals surface area (Å²) in [5, 5.41) is 15.1. The Kier molecular flexibility index (Phi) is 6.40. The van der Waals surface area contributed by atoms with Crippen LogP contribution in [0, 0.1) is 13.8 Å². The second-order valence-electron chi connectivity index (χ2n) is 5.67. The van der Waals surface area contributed by atoms with E-state index in [4.69, 9.17) is 0 Å². The van der Waals surface area contributed by atoms with Gasteiger partial charge in [-0.2, -0.15) is 0 Å². The van der Waals surface area contributed by atoms with Gasteiger partial charge in [-0.25, -0.2) is 4.99 Å². The van der Waals surface area contributed by atoms with E-state index < -0.39 is 0 Å². The van der Waals surface area contributed by atoms with Crippen LogP contribution in [0.2, 0.25) is 0 Å². The fraction of sp³-hybridized carbons (Fsp3) is 0.533. The standard InChI is InChI=1S/C15H22N6S.HI/c1-10-4-7-13(22-10)8-16-15(18-12-5-6-12)17-9-14-20-19-11(2)21(14)3;/h4,7,12H,5-6,8-9H2,1-3H3,(H2,16,17,18);1H. The third kappa shape index (κ3) is 5.17. The van der Waals surface area contributed by atoms with Crippen molar-refractivity contribution in [1.29, 1.82) is 0 Å². The van der Waals surface area contributed by atoms with E-state index in [1.54, 1.807) is 0 Å². The van der Waals surface area contributed by atoms with Gasteiger partial charge in [-0.3, -0.25) is 0 Å². The lowest BCUT2D eigenvalue weighted by Gasteiger charge is -2.11. The van der Waals surface area contributed by atoms with Crippen molar-refractivity contribution in [2.75, 3.05) is 0 Å². The molecule has 1 aliphatic rings. The van der Waals surface area contributed by atoms with Gasteiger partial charge in [-0.05, 0) is 38.8 Å². The third-order valence-corrected chi connectivity index (χ3v) is 4.71. The largest absolute Gasteiger partial charge is 0.354 e. The Morgan fingerprint density at radius 1 is 1.35 bits per heavy atom. The maximum Gasteiger partial charge on any atom is 0.192 e. The molecule has 2 aromatic heterocycles. The zero-order valence-electron chi connectivity index (χ0n) is 13.7. The van der Waals surface area contributed by atoms with Crippen LogP contribution in [-0.4, -0.2) is 26.8 Å². The molecular formula is C15H23IN6S. The number of aliphatic imine (C=N–C) groups is 1. The molecule has 23 heavy (non-hydrogen) atoms. The van der Waals surface area contributed by atoms with Crippen molar-refractivity contribution in [2.24, 2.45) is 12.0 Å². The van der Waals surface area contributed by atoms with Crippen molar-refractivity contribution in [3.63, 3.8) is 0 Å². The highest BCUT2D eigenvalue weighted by Crippen LogP contribution is 2.19. The number of nitrogens with one attached hydrogen (secondary N) is 2. The van der Waals surface area contributed by atoms with Gasteiger partial charge in [0, 0.05) is 22.8 Å². The molecule has 2 N–H and O–H groups in total. The van der Waals surface area contributed by atoms with Crippen LogP contribution in [0.1, 0.15) is 34.2 Å². The molecule has 0 aliphatic heterocycles. The van der Waals surface area contributed by atoms with Crippen molar-refractivity contribution >= 4 is 41.3 Å². The summed E-state index contributed by atoms with van der Waals surface area (Å²) in [7, 11) is 1.97. The predicted octanol–water partition coefficient (Wildman–Crippen LogP) is 2.51. The molecule has 0 aromatic carbocycles. The van der Waals surface area contributed by atoms with Crippen LogP contribution in [0.3, 0.4) is 0 Å². The van der Waals surface area contributed by atoms with Crippen molar-refractivity contribution < 1.29 is 0 Å². The van der Waals surface area contributed by atoms with E-state index in [0.29, 0.717) is 12.6 Å². The first kappa shape index (κ1) is 18.2. The maximum atomic E-state index is 4.65. The molecular weight excluding hydrogens is 423 g/mol. The molecule has 1 fully saturated rings. The smallest absolute Gasteiger partial charge is 0.192 e. The molecule has 3 rings (SSSR count). The Hall–Kier alpha value is -1.16. The van der Waals surface area contributed by atoms with E-state index in [1.807, 2.05) is 29.9 Å². The molecule has 0 unspecified atom stereocenters. The van der Waals surface area contributed by atoms with Gasteiger partial charge >= 0.3 is 0 Å². The minimum Gasteiger partial charge on any atom is -0.354 e. The summed E-state index contributed by atoms with van der Waals surface area (Å²) >= 11 is 1.81. The summed E-state index contributed by atoms with van der Waals surface area (Å²) in [6.45, 7) is 5.40. The first-order valence-electron chi connectivity index (χ1n) is 7.57. The average Bonchev–Trinajstić information content (AvgIpc) is 3.14. The number of aryl methyl sites for hydroxylation is 2. The van der Waals surface area contributed by atoms with Gasteiger partial charge < -0.3 is 15.2 Å². The van der Waals surface area contributed by atoms with E-state index in [0.717, 1.165) is 24.2 Å². The molecule has 1 aliphatic carbocycles. The molecule has 2 heterocycles. The van der Waals surface area contributed by atoms with Crippen LogP contribution in [-0.2, 0) is 20.1 Å². The van der Waals surface area contributed by atoms with Gasteiger partial charge in [0.15, 0.2) is 11.8 Å². The number of hydrogen-bond acceptors (Lipinski definition) is 4. The van der Waals surface area contributed by atoms with E-state index >= 15 is 0 Å². The van der Waals surface area contributed by atoms with Crippen molar-refractivity contribution in [2.45, 2.75) is 45.8 Å². The Labute approximate surface area is 157 Å². The Morgan fingerprint density at radius 2 is 2.13 bits per heavy atom. The lowest BCUT2D eigenvalue weighted by atomic mass is 10.4. The second-order valence-corrected chi connectivity index (χ2v) is 7.04. The van der Waals surface area contributed by atoms with Crippen LogP contribution in [0.4, 0.5) is 0 Å². The number of halogens is 1. The molecule has 0 spiro atoms. The van der Waals surface area contributed by atoms with Gasteiger partial charge in [-0.1, -0.05) is 0 Å². The monoisotopic (exact) mass is 446 g/mol.